The second kappa shape index (κ2) is 10.5. The topological polar surface area (TPSA) is 104 Å². The lowest BCUT2D eigenvalue weighted by Crippen LogP contribution is -2.41. The lowest BCUT2D eigenvalue weighted by atomic mass is 9.89. The molecule has 8 heteroatoms. The Morgan fingerprint density at radius 3 is 2.33 bits per heavy atom. The summed E-state index contributed by atoms with van der Waals surface area (Å²) in [7, 11) is 1.38. The van der Waals surface area contributed by atoms with Crippen molar-refractivity contribution in [3.05, 3.63) is 53.3 Å². The van der Waals surface area contributed by atoms with E-state index in [-0.39, 0.29) is 29.2 Å². The van der Waals surface area contributed by atoms with Crippen LogP contribution >= 0.6 is 0 Å². The van der Waals surface area contributed by atoms with Gasteiger partial charge in [0.2, 0.25) is 5.75 Å². The Morgan fingerprint density at radius 1 is 1.09 bits per heavy atom. The highest BCUT2D eigenvalue weighted by molar-refractivity contribution is 5.98. The predicted octanol–water partition coefficient (Wildman–Crippen LogP) is 3.57. The fourth-order valence-corrected chi connectivity index (χ4v) is 3.85. The van der Waals surface area contributed by atoms with Crippen molar-refractivity contribution >= 4 is 17.8 Å². The number of carbonyl (C=O) groups is 3. The second-order valence-electron chi connectivity index (χ2n) is 8.40. The number of pyridine rings is 1. The normalized spacial score (nSPS) is 15.7. The molecule has 1 saturated carbocycles. The summed E-state index contributed by atoms with van der Waals surface area (Å²) in [6, 6.07) is 8.82. The number of nitrogens with zero attached hydrogens (tertiary/aromatic N) is 1. The van der Waals surface area contributed by atoms with Crippen molar-refractivity contribution in [3.8, 4) is 11.5 Å². The number of esters is 2. The molecule has 1 aromatic carbocycles. The van der Waals surface area contributed by atoms with Crippen LogP contribution < -0.4 is 14.8 Å². The van der Waals surface area contributed by atoms with Crippen molar-refractivity contribution in [3.63, 3.8) is 0 Å². The van der Waals surface area contributed by atoms with Crippen LogP contribution in [0.5, 0.6) is 11.5 Å². The Balaban J connectivity index is 1.68. The van der Waals surface area contributed by atoms with Gasteiger partial charge in [-0.05, 0) is 45.1 Å². The highest BCUT2D eigenvalue weighted by Gasteiger charge is 2.38. The van der Waals surface area contributed by atoms with E-state index < -0.39 is 23.9 Å². The highest BCUT2D eigenvalue weighted by Crippen LogP contribution is 2.45. The third-order valence-electron chi connectivity index (χ3n) is 5.65. The molecule has 1 aliphatic rings. The van der Waals surface area contributed by atoms with Gasteiger partial charge in [-0.25, -0.2) is 9.78 Å². The number of nitrogens with one attached hydrogen (secondary N) is 1. The molecule has 0 bridgehead atoms. The van der Waals surface area contributed by atoms with Gasteiger partial charge in [-0.1, -0.05) is 29.8 Å². The molecule has 0 radical (unpaired) electrons. The van der Waals surface area contributed by atoms with Crippen molar-refractivity contribution in [1.29, 1.82) is 0 Å². The maximum atomic E-state index is 12.8. The number of hydrogen-bond donors (Lipinski definition) is 1. The monoisotopic (exact) mass is 454 g/mol. The summed E-state index contributed by atoms with van der Waals surface area (Å²) in [5, 5.41) is 2.57. The number of benzene rings is 1. The van der Waals surface area contributed by atoms with E-state index in [4.69, 9.17) is 14.2 Å². The molecule has 33 heavy (non-hydrogen) atoms. The number of amides is 1. The zero-order chi connectivity index (χ0) is 24.1. The Morgan fingerprint density at radius 2 is 1.76 bits per heavy atom. The largest absolute Gasteiger partial charge is 0.493 e. The Bertz CT molecular complexity index is 1020. The molecule has 1 amide bonds. The maximum Gasteiger partial charge on any atom is 0.328 e. The number of rotatable bonds is 9. The van der Waals surface area contributed by atoms with Crippen molar-refractivity contribution < 1.29 is 28.6 Å². The molecule has 8 nitrogen and oxygen atoms in total. The first kappa shape index (κ1) is 24.2. The summed E-state index contributed by atoms with van der Waals surface area (Å²) in [5.41, 5.74) is 2.16. The maximum absolute atomic E-state index is 12.8. The minimum absolute atomic E-state index is 0.105. The number of aromatic nitrogens is 1. The van der Waals surface area contributed by atoms with Gasteiger partial charge < -0.3 is 19.5 Å². The van der Waals surface area contributed by atoms with E-state index >= 15 is 0 Å². The summed E-state index contributed by atoms with van der Waals surface area (Å²) in [5.74, 6) is -1.20. The van der Waals surface area contributed by atoms with E-state index in [0.717, 1.165) is 18.4 Å². The SMILES string of the molecule is COc1ccnc(C(=O)N[C@@H](C)C(=O)O[C@@H](C)[C@H](c2ccc(C)cc2)C2CC2)c1OC(C)=O. The summed E-state index contributed by atoms with van der Waals surface area (Å²) < 4.78 is 16.0. The van der Waals surface area contributed by atoms with Crippen molar-refractivity contribution in [2.75, 3.05) is 7.11 Å². The molecule has 0 spiro atoms. The van der Waals surface area contributed by atoms with E-state index in [9.17, 15) is 14.4 Å². The van der Waals surface area contributed by atoms with Crippen molar-refractivity contribution in [2.45, 2.75) is 58.6 Å². The predicted molar refractivity (Wildman–Crippen MR) is 121 cm³/mol. The van der Waals surface area contributed by atoms with Gasteiger partial charge in [0.1, 0.15) is 12.1 Å². The number of hydrogen-bond acceptors (Lipinski definition) is 7. The van der Waals surface area contributed by atoms with Crippen LogP contribution in [-0.2, 0) is 14.3 Å². The Labute approximate surface area is 193 Å². The summed E-state index contributed by atoms with van der Waals surface area (Å²) in [6.45, 7) is 6.67. The van der Waals surface area contributed by atoms with E-state index in [0.29, 0.717) is 5.92 Å². The molecule has 1 aromatic heterocycles. The molecule has 0 unspecified atom stereocenters. The Hall–Kier alpha value is -3.42. The average Bonchev–Trinajstić information content (AvgIpc) is 3.60. The fourth-order valence-electron chi connectivity index (χ4n) is 3.85. The smallest absolute Gasteiger partial charge is 0.328 e. The molecule has 3 rings (SSSR count). The number of aryl methyl sites for hydroxylation is 1. The van der Waals surface area contributed by atoms with Crippen LogP contribution in [0.4, 0.5) is 0 Å². The molecule has 3 atom stereocenters. The van der Waals surface area contributed by atoms with E-state index in [1.165, 1.54) is 38.8 Å². The van der Waals surface area contributed by atoms with Crippen LogP contribution in [0.2, 0.25) is 0 Å². The van der Waals surface area contributed by atoms with Gasteiger partial charge in [0, 0.05) is 25.1 Å². The molecule has 2 aromatic rings. The van der Waals surface area contributed by atoms with Crippen LogP contribution in [-0.4, -0.2) is 42.1 Å². The first-order valence-corrected chi connectivity index (χ1v) is 11.0. The quantitative estimate of drug-likeness (QED) is 0.578. The zero-order valence-corrected chi connectivity index (χ0v) is 19.6. The van der Waals surface area contributed by atoms with E-state index in [1.807, 2.05) is 13.8 Å². The van der Waals surface area contributed by atoms with Crippen LogP contribution in [0.15, 0.2) is 36.5 Å². The summed E-state index contributed by atoms with van der Waals surface area (Å²) in [6.07, 6.45) is 3.21. The Kier molecular flexibility index (Phi) is 7.68. The summed E-state index contributed by atoms with van der Waals surface area (Å²) in [4.78, 5) is 41.0. The van der Waals surface area contributed by atoms with Crippen LogP contribution in [0.3, 0.4) is 0 Å². The van der Waals surface area contributed by atoms with Gasteiger partial charge in [-0.2, -0.15) is 0 Å². The van der Waals surface area contributed by atoms with Crippen LogP contribution in [0, 0.1) is 12.8 Å². The average molecular weight is 455 g/mol. The van der Waals surface area contributed by atoms with Gasteiger partial charge >= 0.3 is 11.9 Å². The standard InChI is InChI=1S/C25H30N2O6/c1-14-6-8-18(9-7-14)21(19-10-11-19)16(3)32-25(30)15(2)27-24(29)22-23(33-17(4)28)20(31-5)12-13-26-22/h6-9,12-13,15-16,19,21H,10-11H2,1-5H3,(H,27,29)/t15-,16-,21+/m0/s1. The zero-order valence-electron chi connectivity index (χ0n) is 19.6. The number of methoxy groups -OCH3 is 1. The molecule has 1 heterocycles. The lowest BCUT2D eigenvalue weighted by Gasteiger charge is -2.26. The summed E-state index contributed by atoms with van der Waals surface area (Å²) >= 11 is 0. The fraction of sp³-hybridized carbons (Fsp3) is 0.440. The minimum Gasteiger partial charge on any atom is -0.493 e. The van der Waals surface area contributed by atoms with Gasteiger partial charge in [0.25, 0.3) is 5.91 Å². The molecular weight excluding hydrogens is 424 g/mol. The molecular formula is C25H30N2O6. The molecule has 1 aliphatic carbocycles. The molecule has 1 N–H and O–H groups in total. The molecule has 0 saturated heterocycles. The molecule has 176 valence electrons. The van der Waals surface area contributed by atoms with E-state index in [1.54, 1.807) is 0 Å². The number of ether oxygens (including phenoxy) is 3. The lowest BCUT2D eigenvalue weighted by molar-refractivity contribution is -0.151. The van der Waals surface area contributed by atoms with Crippen molar-refractivity contribution in [2.24, 2.45) is 5.92 Å². The highest BCUT2D eigenvalue weighted by atomic mass is 16.6. The van der Waals surface area contributed by atoms with Gasteiger partial charge in [-0.15, -0.1) is 0 Å². The molecule has 0 aliphatic heterocycles. The third-order valence-corrected chi connectivity index (χ3v) is 5.65. The van der Waals surface area contributed by atoms with Gasteiger partial charge in [0.15, 0.2) is 11.4 Å². The van der Waals surface area contributed by atoms with E-state index in [2.05, 4.69) is 34.6 Å². The third kappa shape index (κ3) is 6.09. The number of carbonyl (C=O) groups excluding carboxylic acids is 3. The first-order chi connectivity index (χ1) is 15.7. The minimum atomic E-state index is -0.934. The second-order valence-corrected chi connectivity index (χ2v) is 8.40. The van der Waals surface area contributed by atoms with Gasteiger partial charge in [-0.3, -0.25) is 9.59 Å². The van der Waals surface area contributed by atoms with Gasteiger partial charge in [0.05, 0.1) is 7.11 Å². The van der Waals surface area contributed by atoms with Crippen LogP contribution in [0.25, 0.3) is 0 Å². The van der Waals surface area contributed by atoms with Crippen LogP contribution in [0.1, 0.15) is 61.1 Å². The molecule has 1 fully saturated rings. The first-order valence-electron chi connectivity index (χ1n) is 11.0. The van der Waals surface area contributed by atoms with Crippen molar-refractivity contribution in [1.82, 2.24) is 10.3 Å².